The Bertz CT molecular complexity index is 632. The summed E-state index contributed by atoms with van der Waals surface area (Å²) in [4.78, 5) is 16.3. The van der Waals surface area contributed by atoms with E-state index in [0.29, 0.717) is 0 Å². The van der Waals surface area contributed by atoms with Crippen molar-refractivity contribution in [2.45, 2.75) is 64.5 Å². The van der Waals surface area contributed by atoms with Gasteiger partial charge in [-0.05, 0) is 70.3 Å². The van der Waals surface area contributed by atoms with Crippen LogP contribution in [0.15, 0.2) is 18.2 Å². The molecule has 0 aliphatic heterocycles. The average Bonchev–Trinajstić information content (AvgIpc) is 2.73. The van der Waals surface area contributed by atoms with E-state index in [1.807, 2.05) is 0 Å². The first-order valence-electron chi connectivity index (χ1n) is 10.7. The van der Waals surface area contributed by atoms with Crippen LogP contribution in [0, 0.1) is 11.6 Å². The van der Waals surface area contributed by atoms with E-state index in [0.717, 1.165) is 76.9 Å². The molecule has 164 valence electrons. The molecule has 0 spiro atoms. The summed E-state index contributed by atoms with van der Waals surface area (Å²) < 4.78 is 37.4. The molecule has 1 saturated carbocycles. The normalized spacial score (nSPS) is 19.4. The summed E-state index contributed by atoms with van der Waals surface area (Å²) in [6, 6.07) is 3.14. The first-order valence-corrected chi connectivity index (χ1v) is 10.7. The molecule has 0 unspecified atom stereocenters. The number of benzene rings is 1. The van der Waals surface area contributed by atoms with E-state index in [4.69, 9.17) is 9.47 Å². The maximum Gasteiger partial charge on any atom is 0.415 e. The molecule has 0 aromatic heterocycles. The van der Waals surface area contributed by atoms with Gasteiger partial charge in [-0.15, -0.1) is 0 Å². The molecule has 0 heterocycles. The molecule has 0 saturated heterocycles. The zero-order valence-corrected chi connectivity index (χ0v) is 17.8. The molecular formula is C22H34F2N2O3. The van der Waals surface area contributed by atoms with Gasteiger partial charge in [0.15, 0.2) is 11.6 Å². The molecule has 1 aromatic rings. The van der Waals surface area contributed by atoms with E-state index < -0.39 is 17.7 Å². The van der Waals surface area contributed by atoms with E-state index in [2.05, 4.69) is 18.7 Å². The van der Waals surface area contributed by atoms with Crippen molar-refractivity contribution < 1.29 is 23.0 Å². The second-order valence-electron chi connectivity index (χ2n) is 7.59. The lowest BCUT2D eigenvalue weighted by molar-refractivity contribution is 0.00998. The SMILES string of the molecule is CCN(CC)CCCCO[C@H]1CC[C@H](N(C)C(=O)Oc2ccc(F)c(F)c2)CC1. The average molecular weight is 413 g/mol. The molecule has 1 aliphatic carbocycles. The molecule has 29 heavy (non-hydrogen) atoms. The molecule has 2 rings (SSSR count). The van der Waals surface area contributed by atoms with Crippen molar-refractivity contribution >= 4 is 6.09 Å². The maximum absolute atomic E-state index is 13.3. The van der Waals surface area contributed by atoms with E-state index >= 15 is 0 Å². The van der Waals surface area contributed by atoms with Gasteiger partial charge >= 0.3 is 6.09 Å². The number of rotatable bonds is 10. The molecule has 0 bridgehead atoms. The molecular weight excluding hydrogens is 378 g/mol. The van der Waals surface area contributed by atoms with E-state index in [1.54, 1.807) is 11.9 Å². The highest BCUT2D eigenvalue weighted by Crippen LogP contribution is 2.26. The third kappa shape index (κ3) is 7.55. The summed E-state index contributed by atoms with van der Waals surface area (Å²) in [6.45, 7) is 8.45. The number of nitrogens with zero attached hydrogens (tertiary/aromatic N) is 2. The Kier molecular flexibility index (Phi) is 9.81. The highest BCUT2D eigenvalue weighted by Gasteiger charge is 2.28. The Hall–Kier alpha value is -1.73. The number of carbonyl (C=O) groups excluding carboxylic acids is 1. The first-order chi connectivity index (χ1) is 13.9. The Morgan fingerprint density at radius 1 is 1.07 bits per heavy atom. The van der Waals surface area contributed by atoms with Gasteiger partial charge in [0, 0.05) is 25.8 Å². The van der Waals surface area contributed by atoms with Gasteiger partial charge in [-0.1, -0.05) is 13.8 Å². The van der Waals surface area contributed by atoms with Crippen molar-refractivity contribution in [2.24, 2.45) is 0 Å². The van der Waals surface area contributed by atoms with Gasteiger partial charge in [-0.25, -0.2) is 13.6 Å². The number of ether oxygens (including phenoxy) is 2. The zero-order chi connectivity index (χ0) is 21.2. The van der Waals surface area contributed by atoms with Crippen LogP contribution in [0.5, 0.6) is 5.75 Å². The predicted octanol–water partition coefficient (Wildman–Crippen LogP) is 4.85. The minimum atomic E-state index is -1.03. The summed E-state index contributed by atoms with van der Waals surface area (Å²) in [5.41, 5.74) is 0. The second-order valence-corrected chi connectivity index (χ2v) is 7.59. The van der Waals surface area contributed by atoms with E-state index in [1.165, 1.54) is 6.07 Å². The number of carbonyl (C=O) groups is 1. The summed E-state index contributed by atoms with van der Waals surface area (Å²) in [5.74, 6) is -2.00. The summed E-state index contributed by atoms with van der Waals surface area (Å²) >= 11 is 0. The lowest BCUT2D eigenvalue weighted by Gasteiger charge is -2.34. The molecule has 1 aromatic carbocycles. The van der Waals surface area contributed by atoms with Gasteiger partial charge in [-0.2, -0.15) is 0 Å². The minimum Gasteiger partial charge on any atom is -0.410 e. The van der Waals surface area contributed by atoms with Crippen molar-refractivity contribution in [2.75, 3.05) is 33.3 Å². The molecule has 1 fully saturated rings. The van der Waals surface area contributed by atoms with Gasteiger partial charge < -0.3 is 19.3 Å². The van der Waals surface area contributed by atoms with E-state index in [9.17, 15) is 13.6 Å². The third-order valence-corrected chi connectivity index (χ3v) is 5.69. The highest BCUT2D eigenvalue weighted by molar-refractivity contribution is 5.70. The second kappa shape index (κ2) is 12.1. The fourth-order valence-electron chi connectivity index (χ4n) is 3.69. The standard InChI is InChI=1S/C22H34F2N2O3/c1-4-26(5-2)14-6-7-15-28-18-10-8-17(9-11-18)25(3)22(27)29-19-12-13-20(23)21(24)16-19/h12-13,16-18H,4-11,14-15H2,1-3H3/t17-,18-. The summed E-state index contributed by atoms with van der Waals surface area (Å²) in [5, 5.41) is 0. The predicted molar refractivity (Wildman–Crippen MR) is 109 cm³/mol. The summed E-state index contributed by atoms with van der Waals surface area (Å²) in [6.07, 6.45) is 5.40. The largest absolute Gasteiger partial charge is 0.415 e. The molecule has 1 aliphatic rings. The van der Waals surface area contributed by atoms with Crippen molar-refractivity contribution in [3.63, 3.8) is 0 Å². The Labute approximate surface area is 173 Å². The Balaban J connectivity index is 1.66. The van der Waals surface area contributed by atoms with Gasteiger partial charge in [0.2, 0.25) is 0 Å². The topological polar surface area (TPSA) is 42.0 Å². The molecule has 0 atom stereocenters. The van der Waals surface area contributed by atoms with Crippen LogP contribution in [0.2, 0.25) is 0 Å². The number of amides is 1. The monoisotopic (exact) mass is 412 g/mol. The van der Waals surface area contributed by atoms with Crippen LogP contribution in [-0.2, 0) is 4.74 Å². The first kappa shape index (κ1) is 23.5. The smallest absolute Gasteiger partial charge is 0.410 e. The maximum atomic E-state index is 13.3. The van der Waals surface area contributed by atoms with Gasteiger partial charge in [-0.3, -0.25) is 0 Å². The van der Waals surface area contributed by atoms with Crippen LogP contribution >= 0.6 is 0 Å². The fourth-order valence-corrected chi connectivity index (χ4v) is 3.69. The highest BCUT2D eigenvalue weighted by atomic mass is 19.2. The van der Waals surface area contributed by atoms with Gasteiger partial charge in [0.25, 0.3) is 0 Å². The minimum absolute atomic E-state index is 0.00230. The lowest BCUT2D eigenvalue weighted by atomic mass is 9.92. The number of halogens is 2. The fraction of sp³-hybridized carbons (Fsp3) is 0.682. The summed E-state index contributed by atoms with van der Waals surface area (Å²) in [7, 11) is 1.68. The van der Waals surface area contributed by atoms with Crippen LogP contribution in [-0.4, -0.2) is 61.3 Å². The number of hydrogen-bond acceptors (Lipinski definition) is 4. The number of hydrogen-bond donors (Lipinski definition) is 0. The van der Waals surface area contributed by atoms with Crippen LogP contribution in [0.3, 0.4) is 0 Å². The molecule has 0 N–H and O–H groups in total. The van der Waals surface area contributed by atoms with Crippen LogP contribution in [0.1, 0.15) is 52.4 Å². The van der Waals surface area contributed by atoms with Gasteiger partial charge in [0.1, 0.15) is 5.75 Å². The van der Waals surface area contributed by atoms with Crippen molar-refractivity contribution in [1.29, 1.82) is 0 Å². The molecule has 1 amide bonds. The molecule has 0 radical (unpaired) electrons. The zero-order valence-electron chi connectivity index (χ0n) is 17.8. The van der Waals surface area contributed by atoms with Gasteiger partial charge in [0.05, 0.1) is 6.10 Å². The van der Waals surface area contributed by atoms with Crippen molar-refractivity contribution in [3.05, 3.63) is 29.8 Å². The Morgan fingerprint density at radius 2 is 1.76 bits per heavy atom. The van der Waals surface area contributed by atoms with Crippen LogP contribution in [0.4, 0.5) is 13.6 Å². The quantitative estimate of drug-likeness (QED) is 0.516. The van der Waals surface area contributed by atoms with Crippen molar-refractivity contribution in [3.8, 4) is 5.75 Å². The molecule has 7 heteroatoms. The van der Waals surface area contributed by atoms with Crippen LogP contribution < -0.4 is 4.74 Å². The molecule has 5 nitrogen and oxygen atoms in total. The number of unbranched alkanes of at least 4 members (excludes halogenated alkanes) is 1. The third-order valence-electron chi connectivity index (χ3n) is 5.69. The van der Waals surface area contributed by atoms with E-state index in [-0.39, 0.29) is 17.9 Å². The Morgan fingerprint density at radius 3 is 2.38 bits per heavy atom. The van der Waals surface area contributed by atoms with Crippen molar-refractivity contribution in [1.82, 2.24) is 9.80 Å². The van der Waals surface area contributed by atoms with Crippen LogP contribution in [0.25, 0.3) is 0 Å². The lowest BCUT2D eigenvalue weighted by Crippen LogP contribution is -2.42.